The van der Waals surface area contributed by atoms with Gasteiger partial charge in [0.2, 0.25) is 0 Å². The third-order valence-electron chi connectivity index (χ3n) is 3.26. The topological polar surface area (TPSA) is 37.8 Å². The van der Waals surface area contributed by atoms with E-state index in [0.717, 1.165) is 17.0 Å². The van der Waals surface area contributed by atoms with Crippen molar-refractivity contribution in [3.63, 3.8) is 0 Å². The van der Waals surface area contributed by atoms with E-state index in [0.29, 0.717) is 10.0 Å². The molecule has 1 heterocycles. The van der Waals surface area contributed by atoms with Crippen molar-refractivity contribution in [2.24, 2.45) is 0 Å². The van der Waals surface area contributed by atoms with Gasteiger partial charge >= 0.3 is 0 Å². The largest absolute Gasteiger partial charge is 0.302 e. The quantitative estimate of drug-likeness (QED) is 0.903. The maximum atomic E-state index is 6.23. The van der Waals surface area contributed by atoms with E-state index >= 15 is 0 Å². The highest BCUT2D eigenvalue weighted by Gasteiger charge is 2.16. The zero-order valence-corrected chi connectivity index (χ0v) is 13.2. The second-order valence-electron chi connectivity index (χ2n) is 4.80. The Bertz CT molecular complexity index is 601. The molecule has 0 spiro atoms. The van der Waals surface area contributed by atoms with Gasteiger partial charge in [0.1, 0.15) is 0 Å². The normalized spacial score (nSPS) is 14.1. The SMILES string of the molecule is Cc1nccnc1C(C)NC(C)c1ccc(Cl)cc1Cl. The summed E-state index contributed by atoms with van der Waals surface area (Å²) in [4.78, 5) is 8.65. The number of aromatic nitrogens is 2. The van der Waals surface area contributed by atoms with E-state index in [4.69, 9.17) is 23.2 Å². The van der Waals surface area contributed by atoms with Gasteiger partial charge < -0.3 is 5.32 Å². The van der Waals surface area contributed by atoms with Gasteiger partial charge in [-0.1, -0.05) is 29.3 Å². The summed E-state index contributed by atoms with van der Waals surface area (Å²) in [5, 5.41) is 4.79. The van der Waals surface area contributed by atoms with Gasteiger partial charge in [0, 0.05) is 34.5 Å². The van der Waals surface area contributed by atoms with Crippen LogP contribution in [0.3, 0.4) is 0 Å². The lowest BCUT2D eigenvalue weighted by Crippen LogP contribution is -2.24. The van der Waals surface area contributed by atoms with Crippen LogP contribution >= 0.6 is 23.2 Å². The van der Waals surface area contributed by atoms with Crippen LogP contribution in [0, 0.1) is 6.92 Å². The summed E-state index contributed by atoms with van der Waals surface area (Å²) >= 11 is 12.2. The Balaban J connectivity index is 2.15. The summed E-state index contributed by atoms with van der Waals surface area (Å²) in [5.41, 5.74) is 2.90. The molecule has 2 atom stereocenters. The Morgan fingerprint density at radius 1 is 1.05 bits per heavy atom. The lowest BCUT2D eigenvalue weighted by Gasteiger charge is -2.21. The fourth-order valence-corrected chi connectivity index (χ4v) is 2.81. The minimum absolute atomic E-state index is 0.0884. The summed E-state index contributed by atoms with van der Waals surface area (Å²) in [5.74, 6) is 0. The first-order chi connectivity index (χ1) is 9.49. The number of hydrogen-bond acceptors (Lipinski definition) is 3. The van der Waals surface area contributed by atoms with E-state index in [-0.39, 0.29) is 12.1 Å². The molecule has 0 saturated heterocycles. The standard InChI is InChI=1S/C15H17Cl2N3/c1-9(13-5-4-12(16)8-14(13)17)20-11(3)15-10(2)18-6-7-19-15/h4-9,11,20H,1-3H3. The molecule has 106 valence electrons. The van der Waals surface area contributed by atoms with E-state index in [9.17, 15) is 0 Å². The van der Waals surface area contributed by atoms with Crippen LogP contribution in [0.5, 0.6) is 0 Å². The second kappa shape index (κ2) is 6.53. The Morgan fingerprint density at radius 3 is 2.40 bits per heavy atom. The molecule has 3 nitrogen and oxygen atoms in total. The van der Waals surface area contributed by atoms with Crippen molar-refractivity contribution in [2.45, 2.75) is 32.9 Å². The molecule has 1 N–H and O–H groups in total. The van der Waals surface area contributed by atoms with Gasteiger partial charge in [-0.2, -0.15) is 0 Å². The number of nitrogens with zero attached hydrogens (tertiary/aromatic N) is 2. The van der Waals surface area contributed by atoms with Crippen LogP contribution in [0.15, 0.2) is 30.6 Å². The number of hydrogen-bond donors (Lipinski definition) is 1. The zero-order chi connectivity index (χ0) is 14.7. The average molecular weight is 310 g/mol. The molecule has 0 bridgehead atoms. The van der Waals surface area contributed by atoms with Crippen LogP contribution in [0.2, 0.25) is 10.0 Å². The maximum absolute atomic E-state index is 6.23. The highest BCUT2D eigenvalue weighted by atomic mass is 35.5. The molecule has 5 heteroatoms. The molecule has 20 heavy (non-hydrogen) atoms. The fraction of sp³-hybridized carbons (Fsp3) is 0.333. The molecule has 0 amide bonds. The predicted octanol–water partition coefficient (Wildman–Crippen LogP) is 4.50. The van der Waals surface area contributed by atoms with E-state index in [2.05, 4.69) is 29.1 Å². The van der Waals surface area contributed by atoms with Gasteiger partial charge in [-0.25, -0.2) is 0 Å². The third kappa shape index (κ3) is 3.48. The number of nitrogens with one attached hydrogen (secondary N) is 1. The van der Waals surface area contributed by atoms with Crippen LogP contribution < -0.4 is 5.32 Å². The lowest BCUT2D eigenvalue weighted by atomic mass is 10.1. The molecule has 0 fully saturated rings. The maximum Gasteiger partial charge on any atom is 0.0782 e. The average Bonchev–Trinajstić information content (AvgIpc) is 2.38. The first kappa shape index (κ1) is 15.2. The van der Waals surface area contributed by atoms with Crippen LogP contribution in [0.25, 0.3) is 0 Å². The Labute approximate surface area is 129 Å². The Hall–Kier alpha value is -1.16. The van der Waals surface area contributed by atoms with Crippen molar-refractivity contribution in [2.75, 3.05) is 0 Å². The van der Waals surface area contributed by atoms with Crippen LogP contribution in [-0.2, 0) is 0 Å². The molecular weight excluding hydrogens is 293 g/mol. The van der Waals surface area contributed by atoms with Crippen molar-refractivity contribution < 1.29 is 0 Å². The fourth-order valence-electron chi connectivity index (χ4n) is 2.24. The minimum Gasteiger partial charge on any atom is -0.302 e. The van der Waals surface area contributed by atoms with Crippen molar-refractivity contribution in [3.05, 3.63) is 57.6 Å². The van der Waals surface area contributed by atoms with Gasteiger partial charge in [-0.15, -0.1) is 0 Å². The molecule has 1 aromatic heterocycles. The van der Waals surface area contributed by atoms with Crippen LogP contribution in [0.4, 0.5) is 0 Å². The van der Waals surface area contributed by atoms with Gasteiger partial charge in [0.15, 0.2) is 0 Å². The van der Waals surface area contributed by atoms with Crippen molar-refractivity contribution in [3.8, 4) is 0 Å². The summed E-state index contributed by atoms with van der Waals surface area (Å²) < 4.78 is 0. The summed E-state index contributed by atoms with van der Waals surface area (Å²) in [6, 6.07) is 5.73. The molecule has 0 aliphatic heterocycles. The highest BCUT2D eigenvalue weighted by Crippen LogP contribution is 2.27. The summed E-state index contributed by atoms with van der Waals surface area (Å²) in [6.07, 6.45) is 3.41. The second-order valence-corrected chi connectivity index (χ2v) is 5.65. The number of halogens is 2. The molecular formula is C15H17Cl2N3. The molecule has 1 aromatic carbocycles. The molecule has 2 rings (SSSR count). The monoisotopic (exact) mass is 309 g/mol. The molecule has 0 aliphatic rings. The lowest BCUT2D eigenvalue weighted by molar-refractivity contribution is 0.483. The summed E-state index contributed by atoms with van der Waals surface area (Å²) in [7, 11) is 0. The van der Waals surface area contributed by atoms with Crippen LogP contribution in [-0.4, -0.2) is 9.97 Å². The van der Waals surface area contributed by atoms with E-state index in [1.165, 1.54) is 0 Å². The minimum atomic E-state index is 0.0884. The van der Waals surface area contributed by atoms with Crippen LogP contribution in [0.1, 0.15) is 42.9 Å². The van der Waals surface area contributed by atoms with Gasteiger partial charge in [0.05, 0.1) is 11.4 Å². The van der Waals surface area contributed by atoms with Gasteiger partial charge in [-0.05, 0) is 38.5 Å². The van der Waals surface area contributed by atoms with Gasteiger partial charge in [0.25, 0.3) is 0 Å². The molecule has 0 aliphatic carbocycles. The van der Waals surface area contributed by atoms with Crippen molar-refractivity contribution in [1.82, 2.24) is 15.3 Å². The highest BCUT2D eigenvalue weighted by molar-refractivity contribution is 6.35. The van der Waals surface area contributed by atoms with E-state index in [1.807, 2.05) is 19.1 Å². The number of benzene rings is 1. The smallest absolute Gasteiger partial charge is 0.0782 e. The molecule has 2 aromatic rings. The van der Waals surface area contributed by atoms with E-state index < -0.39 is 0 Å². The Morgan fingerprint density at radius 2 is 1.75 bits per heavy atom. The predicted molar refractivity (Wildman–Crippen MR) is 83.2 cm³/mol. The van der Waals surface area contributed by atoms with Crippen molar-refractivity contribution in [1.29, 1.82) is 0 Å². The number of rotatable bonds is 4. The first-order valence-electron chi connectivity index (χ1n) is 6.47. The summed E-state index contributed by atoms with van der Waals surface area (Å²) in [6.45, 7) is 6.09. The van der Waals surface area contributed by atoms with Gasteiger partial charge in [-0.3, -0.25) is 9.97 Å². The molecule has 0 radical (unpaired) electrons. The zero-order valence-electron chi connectivity index (χ0n) is 11.7. The third-order valence-corrected chi connectivity index (χ3v) is 3.82. The van der Waals surface area contributed by atoms with E-state index in [1.54, 1.807) is 18.5 Å². The Kier molecular flexibility index (Phi) is 4.97. The first-order valence-corrected chi connectivity index (χ1v) is 7.23. The van der Waals surface area contributed by atoms with Crippen molar-refractivity contribution >= 4 is 23.2 Å². The number of aryl methyl sites for hydroxylation is 1. The molecule has 0 saturated carbocycles. The molecule has 2 unspecified atom stereocenters.